The van der Waals surface area contributed by atoms with Crippen molar-refractivity contribution >= 4 is 17.9 Å². The first kappa shape index (κ1) is 58.9. The van der Waals surface area contributed by atoms with Crippen LogP contribution in [0.3, 0.4) is 0 Å². The van der Waals surface area contributed by atoms with Crippen LogP contribution in [-0.2, 0) is 28.6 Å². The Morgan fingerprint density at radius 2 is 0.597 bits per heavy atom. The molecule has 0 aliphatic heterocycles. The van der Waals surface area contributed by atoms with Gasteiger partial charge in [0.25, 0.3) is 0 Å². The highest BCUT2D eigenvalue weighted by atomic mass is 16.6. The number of rotatable bonds is 46. The number of hydrogen-bond acceptors (Lipinski definition) is 6. The van der Waals surface area contributed by atoms with Crippen molar-refractivity contribution in [2.24, 2.45) is 0 Å². The molecule has 6 nitrogen and oxygen atoms in total. The first-order valence-electron chi connectivity index (χ1n) is 25.9. The Labute approximate surface area is 382 Å². The molecule has 0 N–H and O–H groups in total. The highest BCUT2D eigenvalue weighted by Crippen LogP contribution is 2.14. The van der Waals surface area contributed by atoms with E-state index in [1.807, 2.05) is 0 Å². The molecule has 0 saturated heterocycles. The molecule has 0 bridgehead atoms. The Morgan fingerprint density at radius 3 is 1.03 bits per heavy atom. The summed E-state index contributed by atoms with van der Waals surface area (Å²) in [4.78, 5) is 37.9. The fraction of sp³-hybridized carbons (Fsp3) is 0.732. The molecule has 0 aromatic heterocycles. The van der Waals surface area contributed by atoms with Gasteiger partial charge in [-0.2, -0.15) is 0 Å². The smallest absolute Gasteiger partial charge is 0.306 e. The number of carbonyl (C=O) groups is 3. The molecule has 0 rings (SSSR count). The highest BCUT2D eigenvalue weighted by Gasteiger charge is 2.19. The predicted molar refractivity (Wildman–Crippen MR) is 265 cm³/mol. The van der Waals surface area contributed by atoms with Crippen LogP contribution >= 0.6 is 0 Å². The van der Waals surface area contributed by atoms with Gasteiger partial charge < -0.3 is 14.2 Å². The molecule has 356 valence electrons. The topological polar surface area (TPSA) is 78.9 Å². The van der Waals surface area contributed by atoms with Gasteiger partial charge in [-0.25, -0.2) is 0 Å². The van der Waals surface area contributed by atoms with Crippen molar-refractivity contribution in [1.29, 1.82) is 0 Å². The van der Waals surface area contributed by atoms with Gasteiger partial charge in [-0.15, -0.1) is 0 Å². The summed E-state index contributed by atoms with van der Waals surface area (Å²) in [5.41, 5.74) is 0. The maximum Gasteiger partial charge on any atom is 0.306 e. The van der Waals surface area contributed by atoms with Gasteiger partial charge in [0.05, 0.1) is 0 Å². The highest BCUT2D eigenvalue weighted by molar-refractivity contribution is 5.71. The van der Waals surface area contributed by atoms with Crippen molar-refractivity contribution in [3.05, 3.63) is 72.9 Å². The number of carbonyl (C=O) groups excluding carboxylic acids is 3. The summed E-state index contributed by atoms with van der Waals surface area (Å²) in [6, 6.07) is 0. The zero-order chi connectivity index (χ0) is 45.1. The van der Waals surface area contributed by atoms with Gasteiger partial charge in [-0.05, 0) is 89.9 Å². The van der Waals surface area contributed by atoms with Crippen LogP contribution in [-0.4, -0.2) is 37.2 Å². The van der Waals surface area contributed by atoms with Crippen molar-refractivity contribution < 1.29 is 28.6 Å². The van der Waals surface area contributed by atoms with E-state index in [2.05, 4.69) is 93.7 Å². The zero-order valence-corrected chi connectivity index (χ0v) is 40.6. The van der Waals surface area contributed by atoms with E-state index in [4.69, 9.17) is 14.2 Å². The van der Waals surface area contributed by atoms with Gasteiger partial charge in [0.1, 0.15) is 13.2 Å². The van der Waals surface area contributed by atoms with Gasteiger partial charge in [0, 0.05) is 19.3 Å². The first-order valence-corrected chi connectivity index (χ1v) is 25.9. The van der Waals surface area contributed by atoms with E-state index in [1.165, 1.54) is 128 Å². The average Bonchev–Trinajstić information content (AvgIpc) is 3.27. The molecule has 62 heavy (non-hydrogen) atoms. The summed E-state index contributed by atoms with van der Waals surface area (Å²) >= 11 is 0. The monoisotopic (exact) mass is 865 g/mol. The molecule has 0 aromatic rings. The van der Waals surface area contributed by atoms with Crippen molar-refractivity contribution in [1.82, 2.24) is 0 Å². The van der Waals surface area contributed by atoms with Crippen molar-refractivity contribution in [2.45, 2.75) is 252 Å². The van der Waals surface area contributed by atoms with Crippen LogP contribution in [0.15, 0.2) is 72.9 Å². The minimum Gasteiger partial charge on any atom is -0.462 e. The van der Waals surface area contributed by atoms with E-state index in [0.717, 1.165) is 64.2 Å². The second kappa shape index (κ2) is 50.5. The molecule has 0 fully saturated rings. The summed E-state index contributed by atoms with van der Waals surface area (Å²) in [7, 11) is 0. The quantitative estimate of drug-likeness (QED) is 0.0262. The lowest BCUT2D eigenvalue weighted by Gasteiger charge is -2.18. The van der Waals surface area contributed by atoms with Crippen molar-refractivity contribution in [3.8, 4) is 0 Å². The van der Waals surface area contributed by atoms with Crippen LogP contribution < -0.4 is 0 Å². The molecule has 0 amide bonds. The SMILES string of the molecule is CCCCC/C=C\C/C=C\C/C=C\CCCCC(=O)O[C@H](COC(=O)CCC/C=C\C/C=C\C/C=C\CCCCCCCC)COC(=O)CCCCCCCCCCCCCC. The standard InChI is InChI=1S/C56H96O6/c1-4-7-10-13-16-19-22-25-27-28-30-31-34-37-40-43-46-49-55(58)61-52-53(51-60-54(57)48-45-42-39-36-33-24-21-18-15-12-9-6-3)62-56(59)50-47-44-41-38-35-32-29-26-23-20-17-14-11-8-5-2/h17,20,25-27,29-31,35,37-38,40,53H,4-16,18-19,21-24,28,32-34,36,39,41-52H2,1-3H3/b20-17-,27-25-,29-26-,31-30-,38-35-,40-37-/t53-/m0/s1. The Kier molecular flexibility index (Phi) is 47.9. The summed E-state index contributed by atoms with van der Waals surface area (Å²) in [6.07, 6.45) is 63.2. The maximum atomic E-state index is 12.8. The summed E-state index contributed by atoms with van der Waals surface area (Å²) in [6.45, 7) is 6.52. The van der Waals surface area contributed by atoms with Gasteiger partial charge in [-0.3, -0.25) is 14.4 Å². The third-order valence-electron chi connectivity index (χ3n) is 10.9. The van der Waals surface area contributed by atoms with Gasteiger partial charge in [0.15, 0.2) is 6.10 Å². The Morgan fingerprint density at radius 1 is 0.323 bits per heavy atom. The largest absolute Gasteiger partial charge is 0.462 e. The van der Waals surface area contributed by atoms with Gasteiger partial charge in [-0.1, -0.05) is 209 Å². The first-order chi connectivity index (χ1) is 30.5. The second-order valence-electron chi connectivity index (χ2n) is 17.1. The lowest BCUT2D eigenvalue weighted by atomic mass is 10.0. The number of hydrogen-bond donors (Lipinski definition) is 0. The van der Waals surface area contributed by atoms with E-state index in [1.54, 1.807) is 0 Å². The van der Waals surface area contributed by atoms with E-state index in [9.17, 15) is 14.4 Å². The molecule has 0 aliphatic rings. The molecular weight excluding hydrogens is 769 g/mol. The lowest BCUT2D eigenvalue weighted by molar-refractivity contribution is -0.167. The molecule has 0 radical (unpaired) electrons. The Bertz CT molecular complexity index is 1180. The van der Waals surface area contributed by atoms with E-state index in [-0.39, 0.29) is 44.0 Å². The van der Waals surface area contributed by atoms with Crippen molar-refractivity contribution in [2.75, 3.05) is 13.2 Å². The fourth-order valence-electron chi connectivity index (χ4n) is 6.99. The lowest BCUT2D eigenvalue weighted by Crippen LogP contribution is -2.30. The van der Waals surface area contributed by atoms with Crippen LogP contribution in [0, 0.1) is 0 Å². The molecule has 0 heterocycles. The minimum absolute atomic E-state index is 0.105. The summed E-state index contributed by atoms with van der Waals surface area (Å²) in [5.74, 6) is -0.997. The van der Waals surface area contributed by atoms with Crippen molar-refractivity contribution in [3.63, 3.8) is 0 Å². The van der Waals surface area contributed by atoms with Crippen LogP contribution in [0.25, 0.3) is 0 Å². The number of esters is 3. The molecular formula is C56H96O6. The number of ether oxygens (including phenoxy) is 3. The Balaban J connectivity index is 4.51. The summed E-state index contributed by atoms with van der Waals surface area (Å²) in [5, 5.41) is 0. The van der Waals surface area contributed by atoms with Gasteiger partial charge >= 0.3 is 17.9 Å². The molecule has 1 atom stereocenters. The molecule has 0 aromatic carbocycles. The number of unbranched alkanes of at least 4 members (excludes halogenated alkanes) is 23. The zero-order valence-electron chi connectivity index (χ0n) is 40.6. The molecule has 0 aliphatic carbocycles. The molecule has 0 unspecified atom stereocenters. The average molecular weight is 865 g/mol. The normalized spacial score (nSPS) is 12.6. The summed E-state index contributed by atoms with van der Waals surface area (Å²) < 4.78 is 16.7. The van der Waals surface area contributed by atoms with Crippen LogP contribution in [0.2, 0.25) is 0 Å². The maximum absolute atomic E-state index is 12.8. The van der Waals surface area contributed by atoms with Crippen LogP contribution in [0.5, 0.6) is 0 Å². The Hall–Kier alpha value is -3.15. The second-order valence-corrected chi connectivity index (χ2v) is 17.1. The predicted octanol–water partition coefficient (Wildman–Crippen LogP) is 17.0. The molecule has 0 saturated carbocycles. The van der Waals surface area contributed by atoms with Crippen LogP contribution in [0.4, 0.5) is 0 Å². The van der Waals surface area contributed by atoms with E-state index < -0.39 is 6.10 Å². The van der Waals surface area contributed by atoms with Gasteiger partial charge in [0.2, 0.25) is 0 Å². The van der Waals surface area contributed by atoms with E-state index >= 15 is 0 Å². The third-order valence-corrected chi connectivity index (χ3v) is 10.9. The number of allylic oxidation sites excluding steroid dienone is 12. The fourth-order valence-corrected chi connectivity index (χ4v) is 6.99. The molecule has 0 spiro atoms. The molecule has 6 heteroatoms. The van der Waals surface area contributed by atoms with E-state index in [0.29, 0.717) is 19.3 Å². The van der Waals surface area contributed by atoms with Crippen LogP contribution in [0.1, 0.15) is 245 Å². The third kappa shape index (κ3) is 47.9. The minimum atomic E-state index is -0.813.